The number of halogens is 1. The molecule has 2 aromatic carbocycles. The average molecular weight is 289 g/mol. The number of hydrogen-bond donors (Lipinski definition) is 0. The monoisotopic (exact) mass is 288 g/mol. The molecule has 0 aliphatic carbocycles. The van der Waals surface area contributed by atoms with Crippen molar-refractivity contribution in [1.29, 1.82) is 0 Å². The van der Waals surface area contributed by atoms with E-state index in [4.69, 9.17) is 18.5 Å². The van der Waals surface area contributed by atoms with Crippen molar-refractivity contribution in [1.82, 2.24) is 0 Å². The van der Waals surface area contributed by atoms with Crippen LogP contribution < -0.4 is 4.90 Å². The van der Waals surface area contributed by atoms with Crippen molar-refractivity contribution < 1.29 is 11.6 Å². The standard InChI is InChI=1S/C17H14ClNO/c1-19-16-9-7-13(18)11-15(16)14(8-10-17(19)20)12-5-3-2-4-6-12/h2-9,11H,10H2,1H3/i2D,3D,4D,5D,6D. The van der Waals surface area contributed by atoms with Crippen molar-refractivity contribution in [2.45, 2.75) is 6.42 Å². The minimum atomic E-state index is -0.451. The molecule has 0 saturated carbocycles. The van der Waals surface area contributed by atoms with Gasteiger partial charge in [0.2, 0.25) is 5.91 Å². The third-order valence-corrected chi connectivity index (χ3v) is 3.47. The Hall–Kier alpha value is -2.06. The molecule has 0 aromatic heterocycles. The van der Waals surface area contributed by atoms with Gasteiger partial charge in [-0.05, 0) is 29.3 Å². The molecule has 0 spiro atoms. The lowest BCUT2D eigenvalue weighted by atomic mass is 9.96. The van der Waals surface area contributed by atoms with Crippen molar-refractivity contribution in [3.8, 4) is 0 Å². The highest BCUT2D eigenvalue weighted by atomic mass is 35.5. The third kappa shape index (κ3) is 2.23. The SMILES string of the molecule is [2H]c1c([2H])c([2H])c(C2=CCC(=O)N(C)c3ccc(Cl)cc32)c([2H])c1[2H]. The van der Waals surface area contributed by atoms with Gasteiger partial charge in [0.25, 0.3) is 0 Å². The first-order valence-corrected chi connectivity index (χ1v) is 6.45. The number of carbonyl (C=O) groups is 1. The largest absolute Gasteiger partial charge is 0.315 e. The summed E-state index contributed by atoms with van der Waals surface area (Å²) in [4.78, 5) is 13.7. The van der Waals surface area contributed by atoms with Gasteiger partial charge < -0.3 is 4.90 Å². The molecule has 0 saturated heterocycles. The number of fused-ring (bicyclic) bond motifs is 1. The van der Waals surface area contributed by atoms with Gasteiger partial charge in [0.05, 0.1) is 12.5 Å². The van der Waals surface area contributed by atoms with Gasteiger partial charge in [-0.3, -0.25) is 4.79 Å². The number of amides is 1. The summed E-state index contributed by atoms with van der Waals surface area (Å²) in [6.07, 6.45) is 1.65. The second-order valence-electron chi connectivity index (χ2n) is 4.44. The summed E-state index contributed by atoms with van der Waals surface area (Å²) in [5.74, 6) is -0.161. The number of rotatable bonds is 1. The van der Waals surface area contributed by atoms with Gasteiger partial charge in [-0.25, -0.2) is 0 Å². The smallest absolute Gasteiger partial charge is 0.230 e. The fourth-order valence-corrected chi connectivity index (χ4v) is 2.38. The molecule has 1 aliphatic rings. The molecule has 0 radical (unpaired) electrons. The molecule has 0 N–H and O–H groups in total. The molecule has 0 bridgehead atoms. The molecule has 1 amide bonds. The predicted molar refractivity (Wildman–Crippen MR) is 83.0 cm³/mol. The molecule has 1 heterocycles. The van der Waals surface area contributed by atoms with Crippen LogP contribution in [0.25, 0.3) is 5.57 Å². The number of nitrogens with zero attached hydrogens (tertiary/aromatic N) is 1. The van der Waals surface area contributed by atoms with E-state index in [1.165, 1.54) is 4.90 Å². The maximum Gasteiger partial charge on any atom is 0.230 e. The van der Waals surface area contributed by atoms with E-state index in [2.05, 4.69) is 0 Å². The minimum absolute atomic E-state index is 0.0559. The van der Waals surface area contributed by atoms with Gasteiger partial charge in [-0.1, -0.05) is 47.9 Å². The fourth-order valence-electron chi connectivity index (χ4n) is 2.21. The number of hydrogen-bond acceptors (Lipinski definition) is 1. The Morgan fingerprint density at radius 3 is 2.75 bits per heavy atom. The minimum Gasteiger partial charge on any atom is -0.315 e. The van der Waals surface area contributed by atoms with Crippen LogP contribution in [0.4, 0.5) is 5.69 Å². The third-order valence-electron chi connectivity index (χ3n) is 3.23. The summed E-state index contributed by atoms with van der Waals surface area (Å²) < 4.78 is 39.9. The van der Waals surface area contributed by atoms with Crippen molar-refractivity contribution in [3.05, 3.63) is 70.6 Å². The fraction of sp³-hybridized carbons (Fsp3) is 0.118. The zero-order chi connectivity index (χ0) is 18.5. The maximum absolute atomic E-state index is 12.2. The lowest BCUT2D eigenvalue weighted by Crippen LogP contribution is -2.25. The van der Waals surface area contributed by atoms with E-state index in [0.29, 0.717) is 21.8 Å². The van der Waals surface area contributed by atoms with Crippen LogP contribution in [-0.2, 0) is 4.79 Å². The molecule has 0 unspecified atom stereocenters. The van der Waals surface area contributed by atoms with Crippen LogP contribution in [0, 0.1) is 0 Å². The summed E-state index contributed by atoms with van der Waals surface area (Å²) in [7, 11) is 1.63. The highest BCUT2D eigenvalue weighted by molar-refractivity contribution is 6.31. The van der Waals surface area contributed by atoms with Crippen molar-refractivity contribution >= 4 is 28.8 Å². The molecular weight excluding hydrogens is 270 g/mol. The highest BCUT2D eigenvalue weighted by Crippen LogP contribution is 2.36. The molecule has 100 valence electrons. The van der Waals surface area contributed by atoms with E-state index in [1.54, 1.807) is 31.3 Å². The predicted octanol–water partition coefficient (Wildman–Crippen LogP) is 4.14. The number of anilines is 1. The van der Waals surface area contributed by atoms with E-state index < -0.39 is 18.1 Å². The van der Waals surface area contributed by atoms with Gasteiger partial charge >= 0.3 is 0 Å². The summed E-state index contributed by atoms with van der Waals surface area (Å²) in [6, 6.07) is 3.08. The van der Waals surface area contributed by atoms with Crippen LogP contribution >= 0.6 is 11.6 Å². The second-order valence-corrected chi connectivity index (χ2v) is 4.87. The maximum atomic E-state index is 12.2. The normalized spacial score (nSPS) is 18.1. The highest BCUT2D eigenvalue weighted by Gasteiger charge is 2.21. The van der Waals surface area contributed by atoms with Crippen LogP contribution in [0.15, 0.2) is 54.5 Å². The first kappa shape index (κ1) is 8.28. The first-order chi connectivity index (χ1) is 11.7. The Bertz CT molecular complexity index is 912. The van der Waals surface area contributed by atoms with Crippen LogP contribution in [0.3, 0.4) is 0 Å². The number of benzene rings is 2. The Balaban J connectivity index is 2.38. The van der Waals surface area contributed by atoms with Crippen molar-refractivity contribution in [2.24, 2.45) is 0 Å². The molecule has 3 heteroatoms. The summed E-state index contributed by atoms with van der Waals surface area (Å²) in [5, 5.41) is 0.430. The van der Waals surface area contributed by atoms with Gasteiger partial charge in [0.15, 0.2) is 0 Å². The summed E-state index contributed by atoms with van der Waals surface area (Å²) >= 11 is 6.11. The van der Waals surface area contributed by atoms with E-state index in [-0.39, 0.29) is 30.0 Å². The van der Waals surface area contributed by atoms with Crippen LogP contribution in [0.2, 0.25) is 5.02 Å². The van der Waals surface area contributed by atoms with Crippen molar-refractivity contribution in [3.63, 3.8) is 0 Å². The molecule has 0 fully saturated rings. The molecule has 3 rings (SSSR count). The van der Waals surface area contributed by atoms with Crippen molar-refractivity contribution in [2.75, 3.05) is 11.9 Å². The summed E-state index contributed by atoms with van der Waals surface area (Å²) in [6.45, 7) is 0. The van der Waals surface area contributed by atoms with Gasteiger partial charge in [0, 0.05) is 24.1 Å². The number of carbonyl (C=O) groups excluding carboxylic acids is 1. The zero-order valence-corrected chi connectivity index (χ0v) is 11.5. The molecule has 1 aliphatic heterocycles. The van der Waals surface area contributed by atoms with E-state index >= 15 is 0 Å². The van der Waals surface area contributed by atoms with Gasteiger partial charge in [-0.2, -0.15) is 0 Å². The quantitative estimate of drug-likeness (QED) is 0.772. The van der Waals surface area contributed by atoms with E-state index in [1.807, 2.05) is 0 Å². The van der Waals surface area contributed by atoms with Gasteiger partial charge in [0.1, 0.15) is 0 Å². The topological polar surface area (TPSA) is 20.3 Å². The van der Waals surface area contributed by atoms with E-state index in [0.717, 1.165) is 0 Å². The Morgan fingerprint density at radius 1 is 1.25 bits per heavy atom. The summed E-state index contributed by atoms with van der Waals surface area (Å²) in [5.41, 5.74) is 1.61. The molecule has 2 aromatic rings. The van der Waals surface area contributed by atoms with Crippen LogP contribution in [0.1, 0.15) is 24.4 Å². The Morgan fingerprint density at radius 2 is 2.00 bits per heavy atom. The average Bonchev–Trinajstić information content (AvgIpc) is 2.70. The molecule has 0 atom stereocenters. The first-order valence-electron chi connectivity index (χ1n) is 8.58. The molecule has 20 heavy (non-hydrogen) atoms. The molecule has 2 nitrogen and oxygen atoms in total. The Kier molecular flexibility index (Phi) is 2.13. The van der Waals surface area contributed by atoms with Crippen LogP contribution in [-0.4, -0.2) is 13.0 Å². The lowest BCUT2D eigenvalue weighted by Gasteiger charge is -2.19. The van der Waals surface area contributed by atoms with E-state index in [9.17, 15) is 4.79 Å². The zero-order valence-electron chi connectivity index (χ0n) is 15.7. The van der Waals surface area contributed by atoms with Crippen LogP contribution in [0.5, 0.6) is 0 Å². The van der Waals surface area contributed by atoms with Gasteiger partial charge in [-0.15, -0.1) is 0 Å². The Labute approximate surface area is 130 Å². The second kappa shape index (κ2) is 5.14. The lowest BCUT2D eigenvalue weighted by molar-refractivity contribution is -0.117. The molecular formula is C17H14ClNO.